The summed E-state index contributed by atoms with van der Waals surface area (Å²) in [7, 11) is 0. The van der Waals surface area contributed by atoms with Gasteiger partial charge in [0.05, 0.1) is 15.7 Å². The minimum atomic E-state index is -0.328. The lowest BCUT2D eigenvalue weighted by Crippen LogP contribution is -2.14. The number of anilines is 1. The van der Waals surface area contributed by atoms with Gasteiger partial charge in [-0.2, -0.15) is 0 Å². The number of benzene rings is 3. The average molecular weight is 403 g/mol. The van der Waals surface area contributed by atoms with Crippen molar-refractivity contribution in [3.05, 3.63) is 99.0 Å². The van der Waals surface area contributed by atoms with Crippen molar-refractivity contribution >= 4 is 58.0 Å². The predicted octanol–water partition coefficient (Wildman–Crippen LogP) is 6.83. The van der Waals surface area contributed by atoms with E-state index in [1.54, 1.807) is 30.3 Å². The van der Waals surface area contributed by atoms with E-state index in [2.05, 4.69) is 5.32 Å². The van der Waals surface area contributed by atoms with Crippen molar-refractivity contribution in [2.24, 2.45) is 0 Å². The van der Waals surface area contributed by atoms with E-state index in [0.717, 1.165) is 11.1 Å². The second kappa shape index (κ2) is 8.41. The van der Waals surface area contributed by atoms with Gasteiger partial charge in [-0.05, 0) is 35.4 Å². The van der Waals surface area contributed by atoms with Gasteiger partial charge in [-0.15, -0.1) is 0 Å². The number of amides is 1. The van der Waals surface area contributed by atoms with Gasteiger partial charge >= 0.3 is 0 Å². The van der Waals surface area contributed by atoms with Gasteiger partial charge in [0.15, 0.2) is 0 Å². The first-order chi connectivity index (χ1) is 12.6. The van der Waals surface area contributed by atoms with Gasteiger partial charge in [0, 0.05) is 10.6 Å². The summed E-state index contributed by atoms with van der Waals surface area (Å²) in [4.78, 5) is 13.0. The Hall–Kier alpha value is -2.26. The fourth-order valence-electron chi connectivity index (χ4n) is 2.44. The van der Waals surface area contributed by atoms with Crippen LogP contribution in [0.4, 0.5) is 5.69 Å². The summed E-state index contributed by atoms with van der Waals surface area (Å²) < 4.78 is 0. The number of carbonyl (C=O) groups is 1. The number of hydrogen-bond donors (Lipinski definition) is 1. The van der Waals surface area contributed by atoms with Crippen molar-refractivity contribution in [2.45, 2.75) is 0 Å². The largest absolute Gasteiger partial charge is 0.319 e. The fourth-order valence-corrected chi connectivity index (χ4v) is 3.13. The molecule has 5 heteroatoms. The number of hydrogen-bond acceptors (Lipinski definition) is 1. The highest BCUT2D eigenvalue weighted by atomic mass is 35.5. The average Bonchev–Trinajstić information content (AvgIpc) is 2.65. The van der Waals surface area contributed by atoms with Gasteiger partial charge in [0.2, 0.25) is 0 Å². The molecule has 0 unspecified atom stereocenters. The Balaban J connectivity index is 2.04. The van der Waals surface area contributed by atoms with Crippen molar-refractivity contribution in [1.82, 2.24) is 0 Å². The van der Waals surface area contributed by atoms with Crippen molar-refractivity contribution in [2.75, 3.05) is 5.32 Å². The third-order valence-corrected chi connectivity index (χ3v) is 4.71. The van der Waals surface area contributed by atoms with Gasteiger partial charge in [-0.1, -0.05) is 89.4 Å². The fraction of sp³-hybridized carbons (Fsp3) is 0. The second-order valence-electron chi connectivity index (χ2n) is 5.50. The summed E-state index contributed by atoms with van der Waals surface area (Å²) in [6.45, 7) is 0. The maximum Gasteiger partial charge on any atom is 0.256 e. The van der Waals surface area contributed by atoms with E-state index in [0.29, 0.717) is 26.3 Å². The van der Waals surface area contributed by atoms with Crippen LogP contribution in [0, 0.1) is 0 Å². The number of nitrogens with one attached hydrogen (secondary N) is 1. The topological polar surface area (TPSA) is 29.1 Å². The van der Waals surface area contributed by atoms with E-state index in [1.807, 2.05) is 48.5 Å². The molecule has 26 heavy (non-hydrogen) atoms. The van der Waals surface area contributed by atoms with Crippen LogP contribution in [0.5, 0.6) is 0 Å². The normalized spacial score (nSPS) is 11.3. The van der Waals surface area contributed by atoms with E-state index >= 15 is 0 Å². The Morgan fingerprint density at radius 2 is 1.31 bits per heavy atom. The highest BCUT2D eigenvalue weighted by Crippen LogP contribution is 2.31. The molecule has 0 heterocycles. The SMILES string of the molecule is O=C(Nc1c(Cl)cccc1Cl)/C(=C/c1ccccc1Cl)c1ccccc1. The second-order valence-corrected chi connectivity index (χ2v) is 6.72. The number of rotatable bonds is 4. The lowest BCUT2D eigenvalue weighted by molar-refractivity contribution is -0.111. The molecule has 0 aliphatic carbocycles. The summed E-state index contributed by atoms with van der Waals surface area (Å²) in [6.07, 6.45) is 1.75. The minimum Gasteiger partial charge on any atom is -0.319 e. The molecule has 3 aromatic carbocycles. The molecule has 3 rings (SSSR count). The van der Waals surface area contributed by atoms with Crippen molar-refractivity contribution in [3.63, 3.8) is 0 Å². The first-order valence-electron chi connectivity index (χ1n) is 7.83. The molecule has 0 spiro atoms. The van der Waals surface area contributed by atoms with Crippen LogP contribution in [0.2, 0.25) is 15.1 Å². The molecule has 0 aliphatic rings. The van der Waals surface area contributed by atoms with Crippen LogP contribution in [0.25, 0.3) is 11.6 Å². The maximum absolute atomic E-state index is 13.0. The molecule has 0 radical (unpaired) electrons. The van der Waals surface area contributed by atoms with Gasteiger partial charge in [0.1, 0.15) is 0 Å². The summed E-state index contributed by atoms with van der Waals surface area (Å²) in [6, 6.07) is 21.7. The van der Waals surface area contributed by atoms with E-state index < -0.39 is 0 Å². The molecule has 0 fully saturated rings. The van der Waals surface area contributed by atoms with Crippen molar-refractivity contribution < 1.29 is 4.79 Å². The van der Waals surface area contributed by atoms with Crippen LogP contribution in [-0.4, -0.2) is 5.91 Å². The van der Waals surface area contributed by atoms with Crippen LogP contribution in [0.15, 0.2) is 72.8 Å². The summed E-state index contributed by atoms with van der Waals surface area (Å²) in [5.74, 6) is -0.328. The minimum absolute atomic E-state index is 0.328. The quantitative estimate of drug-likeness (QED) is 0.376. The van der Waals surface area contributed by atoms with E-state index in [9.17, 15) is 4.79 Å². The highest BCUT2D eigenvalue weighted by Gasteiger charge is 2.16. The third-order valence-electron chi connectivity index (χ3n) is 3.74. The monoisotopic (exact) mass is 401 g/mol. The van der Waals surface area contributed by atoms with Crippen LogP contribution < -0.4 is 5.32 Å². The summed E-state index contributed by atoms with van der Waals surface area (Å²) in [5.41, 5.74) is 2.33. The van der Waals surface area contributed by atoms with Crippen molar-refractivity contribution in [1.29, 1.82) is 0 Å². The predicted molar refractivity (Wildman–Crippen MR) is 111 cm³/mol. The number of para-hydroxylation sites is 1. The molecule has 1 N–H and O–H groups in total. The Morgan fingerprint density at radius 3 is 1.96 bits per heavy atom. The molecule has 0 atom stereocenters. The number of carbonyl (C=O) groups excluding carboxylic acids is 1. The Bertz CT molecular complexity index is 948. The molecule has 130 valence electrons. The molecule has 0 saturated carbocycles. The summed E-state index contributed by atoms with van der Waals surface area (Å²) >= 11 is 18.6. The summed E-state index contributed by atoms with van der Waals surface area (Å²) in [5, 5.41) is 4.10. The molecule has 0 bridgehead atoms. The first-order valence-corrected chi connectivity index (χ1v) is 8.96. The molecule has 0 aromatic heterocycles. The molecular formula is C21H14Cl3NO. The highest BCUT2D eigenvalue weighted by molar-refractivity contribution is 6.41. The molecule has 2 nitrogen and oxygen atoms in total. The van der Waals surface area contributed by atoms with E-state index in [-0.39, 0.29) is 5.91 Å². The van der Waals surface area contributed by atoms with Crippen LogP contribution >= 0.6 is 34.8 Å². The molecule has 3 aromatic rings. The Morgan fingerprint density at radius 1 is 0.731 bits per heavy atom. The van der Waals surface area contributed by atoms with Crippen LogP contribution in [0.1, 0.15) is 11.1 Å². The Kier molecular flexibility index (Phi) is 6.00. The zero-order chi connectivity index (χ0) is 18.5. The maximum atomic E-state index is 13.0. The van der Waals surface area contributed by atoms with Gasteiger partial charge in [-0.3, -0.25) is 4.79 Å². The standard InChI is InChI=1S/C21H14Cl3NO/c22-17-10-5-4-9-15(17)13-16(14-7-2-1-3-8-14)21(26)25-20-18(23)11-6-12-19(20)24/h1-13H,(H,25,26)/b16-13+. The lowest BCUT2D eigenvalue weighted by Gasteiger charge is -2.12. The smallest absolute Gasteiger partial charge is 0.256 e. The van der Waals surface area contributed by atoms with Crippen LogP contribution in [-0.2, 0) is 4.79 Å². The number of halogens is 3. The van der Waals surface area contributed by atoms with Crippen LogP contribution in [0.3, 0.4) is 0 Å². The molecule has 1 amide bonds. The van der Waals surface area contributed by atoms with Gasteiger partial charge in [-0.25, -0.2) is 0 Å². The van der Waals surface area contributed by atoms with Crippen molar-refractivity contribution in [3.8, 4) is 0 Å². The molecular weight excluding hydrogens is 389 g/mol. The third kappa shape index (κ3) is 4.28. The molecule has 0 aliphatic heterocycles. The van der Waals surface area contributed by atoms with E-state index in [1.165, 1.54) is 0 Å². The molecule has 0 saturated heterocycles. The zero-order valence-electron chi connectivity index (χ0n) is 13.5. The van der Waals surface area contributed by atoms with E-state index in [4.69, 9.17) is 34.8 Å². The first kappa shape index (κ1) is 18.5. The Labute approximate surface area is 167 Å². The zero-order valence-corrected chi connectivity index (χ0v) is 15.8. The van der Waals surface area contributed by atoms with Gasteiger partial charge < -0.3 is 5.32 Å². The lowest BCUT2D eigenvalue weighted by atomic mass is 10.0. The van der Waals surface area contributed by atoms with Gasteiger partial charge in [0.25, 0.3) is 5.91 Å².